The molecule has 0 saturated carbocycles. The summed E-state index contributed by atoms with van der Waals surface area (Å²) >= 11 is 0. The maximum absolute atomic E-state index is 12.3. The second-order valence-corrected chi connectivity index (χ2v) is 4.42. The number of primary amides is 1. The number of aromatic nitrogens is 2. The third-order valence-corrected chi connectivity index (χ3v) is 3.09. The number of fused-ring (bicyclic) bond motifs is 1. The van der Waals surface area contributed by atoms with Crippen LogP contribution in [0.25, 0.3) is 10.9 Å². The van der Waals surface area contributed by atoms with Gasteiger partial charge in [0.1, 0.15) is 6.54 Å². The molecular weight excluding hydrogens is 278 g/mol. The molecule has 1 aromatic carbocycles. The zero-order valence-electron chi connectivity index (χ0n) is 11.5. The van der Waals surface area contributed by atoms with Crippen molar-refractivity contribution in [2.75, 3.05) is 7.11 Å². The lowest BCUT2D eigenvalue weighted by Gasteiger charge is -2.10. The molecule has 0 atom stereocenters. The minimum absolute atomic E-state index is 0.126. The van der Waals surface area contributed by atoms with Gasteiger partial charge in [-0.25, -0.2) is 9.59 Å². The Morgan fingerprint density at radius 1 is 1.29 bits per heavy atom. The predicted octanol–water partition coefficient (Wildman–Crippen LogP) is -1.03. The van der Waals surface area contributed by atoms with Gasteiger partial charge < -0.3 is 10.5 Å². The fraction of sp³-hybridized carbons (Fsp3) is 0.231. The zero-order valence-corrected chi connectivity index (χ0v) is 11.5. The maximum atomic E-state index is 12.3. The van der Waals surface area contributed by atoms with Gasteiger partial charge in [-0.05, 0) is 18.2 Å². The Kier molecular flexibility index (Phi) is 3.62. The molecule has 2 N–H and O–H groups in total. The van der Waals surface area contributed by atoms with E-state index in [0.717, 1.165) is 4.57 Å². The Hall–Kier alpha value is -2.90. The molecule has 0 saturated heterocycles. The summed E-state index contributed by atoms with van der Waals surface area (Å²) < 4.78 is 6.52. The fourth-order valence-electron chi connectivity index (χ4n) is 2.06. The van der Waals surface area contributed by atoms with Gasteiger partial charge in [0.15, 0.2) is 0 Å². The van der Waals surface area contributed by atoms with Crippen LogP contribution in [0.1, 0.15) is 10.4 Å². The lowest BCUT2D eigenvalue weighted by atomic mass is 10.1. The normalized spacial score (nSPS) is 10.6. The van der Waals surface area contributed by atoms with Crippen LogP contribution in [0.3, 0.4) is 0 Å². The second kappa shape index (κ2) is 5.23. The molecule has 0 spiro atoms. The first-order chi connectivity index (χ1) is 9.86. The van der Waals surface area contributed by atoms with E-state index in [-0.39, 0.29) is 10.9 Å². The number of hydrogen-bond acceptors (Lipinski definition) is 5. The average molecular weight is 291 g/mol. The monoisotopic (exact) mass is 291 g/mol. The van der Waals surface area contributed by atoms with Crippen molar-refractivity contribution in [1.82, 2.24) is 9.13 Å². The van der Waals surface area contributed by atoms with Crippen LogP contribution in [0.15, 0.2) is 27.8 Å². The number of carbonyl (C=O) groups excluding carboxylic acids is 2. The van der Waals surface area contributed by atoms with Crippen LogP contribution in [-0.2, 0) is 23.1 Å². The average Bonchev–Trinajstić information content (AvgIpc) is 2.47. The van der Waals surface area contributed by atoms with Crippen LogP contribution in [0.4, 0.5) is 0 Å². The van der Waals surface area contributed by atoms with Gasteiger partial charge in [0.2, 0.25) is 5.91 Å². The highest BCUT2D eigenvalue weighted by atomic mass is 16.5. The standard InChI is InChI=1S/C13H13N3O5/c1-15-9-4-3-7(12(19)21-2)5-8(9)11(18)16(13(15)20)6-10(14)17/h3-5H,6H2,1-2H3,(H2,14,17). The van der Waals surface area contributed by atoms with Crippen molar-refractivity contribution >= 4 is 22.8 Å². The number of rotatable bonds is 3. The van der Waals surface area contributed by atoms with E-state index in [9.17, 15) is 19.2 Å². The molecule has 2 aromatic rings. The molecule has 0 aliphatic heterocycles. The molecule has 0 aliphatic rings. The van der Waals surface area contributed by atoms with Gasteiger partial charge in [0.05, 0.1) is 23.6 Å². The fourth-order valence-corrected chi connectivity index (χ4v) is 2.06. The van der Waals surface area contributed by atoms with Crippen LogP contribution in [-0.4, -0.2) is 28.1 Å². The van der Waals surface area contributed by atoms with Crippen LogP contribution in [0.5, 0.6) is 0 Å². The summed E-state index contributed by atoms with van der Waals surface area (Å²) in [6.07, 6.45) is 0. The number of esters is 1. The number of ether oxygens (including phenoxy) is 1. The van der Waals surface area contributed by atoms with Gasteiger partial charge in [-0.15, -0.1) is 0 Å². The van der Waals surface area contributed by atoms with Gasteiger partial charge >= 0.3 is 11.7 Å². The highest BCUT2D eigenvalue weighted by Gasteiger charge is 2.15. The molecule has 21 heavy (non-hydrogen) atoms. The van der Waals surface area contributed by atoms with E-state index >= 15 is 0 Å². The van der Waals surface area contributed by atoms with E-state index in [2.05, 4.69) is 4.74 Å². The number of methoxy groups -OCH3 is 1. The van der Waals surface area contributed by atoms with Gasteiger partial charge in [-0.2, -0.15) is 0 Å². The Morgan fingerprint density at radius 2 is 1.95 bits per heavy atom. The van der Waals surface area contributed by atoms with Crippen LogP contribution in [0.2, 0.25) is 0 Å². The predicted molar refractivity (Wildman–Crippen MR) is 74.0 cm³/mol. The van der Waals surface area contributed by atoms with Crippen molar-refractivity contribution in [3.63, 3.8) is 0 Å². The number of nitrogens with zero attached hydrogens (tertiary/aromatic N) is 2. The van der Waals surface area contributed by atoms with Crippen molar-refractivity contribution in [2.24, 2.45) is 12.8 Å². The van der Waals surface area contributed by atoms with Crippen molar-refractivity contribution < 1.29 is 14.3 Å². The molecule has 0 aliphatic carbocycles. The van der Waals surface area contributed by atoms with Gasteiger partial charge in [-0.1, -0.05) is 0 Å². The molecule has 1 aromatic heterocycles. The lowest BCUT2D eigenvalue weighted by molar-refractivity contribution is -0.118. The Bertz CT molecular complexity index is 862. The number of nitrogens with two attached hydrogens (primary N) is 1. The molecule has 1 amide bonds. The summed E-state index contributed by atoms with van der Waals surface area (Å²) in [4.78, 5) is 46.8. The minimum Gasteiger partial charge on any atom is -0.465 e. The first-order valence-corrected chi connectivity index (χ1v) is 5.97. The van der Waals surface area contributed by atoms with Crippen LogP contribution >= 0.6 is 0 Å². The number of hydrogen-bond donors (Lipinski definition) is 1. The lowest BCUT2D eigenvalue weighted by Crippen LogP contribution is -2.42. The molecule has 1 heterocycles. The molecule has 110 valence electrons. The topological polar surface area (TPSA) is 113 Å². The van der Waals surface area contributed by atoms with Crippen molar-refractivity contribution in [3.05, 3.63) is 44.6 Å². The highest BCUT2D eigenvalue weighted by Crippen LogP contribution is 2.11. The van der Waals surface area contributed by atoms with Crippen molar-refractivity contribution in [3.8, 4) is 0 Å². The van der Waals surface area contributed by atoms with E-state index < -0.39 is 29.7 Å². The Balaban J connectivity index is 2.85. The maximum Gasteiger partial charge on any atom is 0.337 e. The number of carbonyl (C=O) groups is 2. The van der Waals surface area contributed by atoms with E-state index in [0.29, 0.717) is 5.52 Å². The summed E-state index contributed by atoms with van der Waals surface area (Å²) in [5.41, 5.74) is 4.22. The quantitative estimate of drug-likeness (QED) is 0.726. The second-order valence-electron chi connectivity index (χ2n) is 4.42. The molecule has 0 bridgehead atoms. The van der Waals surface area contributed by atoms with E-state index in [1.165, 1.54) is 36.9 Å². The summed E-state index contributed by atoms with van der Waals surface area (Å²) in [7, 11) is 2.68. The molecule has 8 nitrogen and oxygen atoms in total. The first kappa shape index (κ1) is 14.5. The SMILES string of the molecule is COC(=O)c1ccc2c(c1)c(=O)n(CC(N)=O)c(=O)n2C. The molecule has 0 unspecified atom stereocenters. The number of aryl methyl sites for hydroxylation is 1. The third kappa shape index (κ3) is 2.42. The highest BCUT2D eigenvalue weighted by molar-refractivity contribution is 5.94. The van der Waals surface area contributed by atoms with Crippen molar-refractivity contribution in [1.29, 1.82) is 0 Å². The molecular formula is C13H13N3O5. The summed E-state index contributed by atoms with van der Waals surface area (Å²) in [6.45, 7) is -0.524. The third-order valence-electron chi connectivity index (χ3n) is 3.09. The summed E-state index contributed by atoms with van der Waals surface area (Å²) in [5, 5.41) is 0.126. The van der Waals surface area contributed by atoms with Crippen LogP contribution in [0, 0.1) is 0 Å². The summed E-state index contributed by atoms with van der Waals surface area (Å²) in [6, 6.07) is 4.24. The number of benzene rings is 1. The van der Waals surface area contributed by atoms with Crippen LogP contribution < -0.4 is 17.0 Å². The van der Waals surface area contributed by atoms with Gasteiger partial charge in [0.25, 0.3) is 5.56 Å². The van der Waals surface area contributed by atoms with Gasteiger partial charge in [-0.3, -0.25) is 18.7 Å². The molecule has 0 radical (unpaired) electrons. The molecule has 0 fully saturated rings. The largest absolute Gasteiger partial charge is 0.465 e. The van der Waals surface area contributed by atoms with E-state index in [1.807, 2.05) is 0 Å². The Labute approximate surface area is 118 Å². The van der Waals surface area contributed by atoms with Crippen molar-refractivity contribution in [2.45, 2.75) is 6.54 Å². The zero-order chi connectivity index (χ0) is 15.7. The first-order valence-electron chi connectivity index (χ1n) is 5.97. The molecule has 2 rings (SSSR count). The smallest absolute Gasteiger partial charge is 0.337 e. The minimum atomic E-state index is -0.808. The van der Waals surface area contributed by atoms with E-state index in [4.69, 9.17) is 5.73 Å². The molecule has 8 heteroatoms. The summed E-state index contributed by atoms with van der Waals surface area (Å²) in [5.74, 6) is -1.41. The van der Waals surface area contributed by atoms with E-state index in [1.54, 1.807) is 0 Å². The number of amides is 1. The Morgan fingerprint density at radius 3 is 2.52 bits per heavy atom. The van der Waals surface area contributed by atoms with Gasteiger partial charge in [0, 0.05) is 7.05 Å².